The number of hydrogen-bond acceptors (Lipinski definition) is 10. The van der Waals surface area contributed by atoms with Gasteiger partial charge in [0.2, 0.25) is 10.9 Å². The standard InChI is InChI=1S/C26H22N2O7.C6H15N.CH4O.H2/c27-10-3-11-33-16-34-23-14-20(13-17-6-7-18(29)8-9-19(30)12-17)35-24(23)15-28-25(31)21-4-1-2-5-22(21)26(28)32;1-5(2)7-6(3)4;1-2;/h1-2,4-7,12,20,23-24H,3,11,13-16H2;5-7H,1-4H3;2H,1H3;1H/t20-,23-,24+;;;/m0.../s1. The summed E-state index contributed by atoms with van der Waals surface area (Å²) in [6.45, 7) is 8.74. The number of imide groups is 1. The highest BCUT2D eigenvalue weighted by atomic mass is 16.7. The first-order chi connectivity index (χ1) is 21.1. The lowest BCUT2D eigenvalue weighted by atomic mass is 10.0. The summed E-state index contributed by atoms with van der Waals surface area (Å²) < 4.78 is 17.3. The summed E-state index contributed by atoms with van der Waals surface area (Å²) in [6, 6.07) is 18.5. The SMILES string of the molecule is CC(C)NC(C)C.CO.N#CCCOCO[C@H]1C[C@H](Cc2ccc(=O)c#cc(=O)c2)O[C@@H]1CN1C(=O)c2ccccc2C1=O.[HH]. The van der Waals surface area contributed by atoms with Gasteiger partial charge < -0.3 is 24.6 Å². The topological polar surface area (TPSA) is 155 Å². The Hall–Kier alpha value is -3.97. The molecule has 2 aromatic rings. The van der Waals surface area contributed by atoms with Crippen molar-refractivity contribution in [2.75, 3.05) is 27.1 Å². The van der Waals surface area contributed by atoms with Crippen molar-refractivity contribution in [3.8, 4) is 6.07 Å². The first kappa shape index (κ1) is 36.2. The molecular formula is C33H43N3O8. The Balaban J connectivity index is 0.000000896. The fourth-order valence-corrected chi connectivity index (χ4v) is 4.82. The van der Waals surface area contributed by atoms with Gasteiger partial charge in [-0.1, -0.05) is 45.9 Å². The Morgan fingerprint density at radius 3 is 2.20 bits per heavy atom. The van der Waals surface area contributed by atoms with Gasteiger partial charge >= 0.3 is 0 Å². The largest absolute Gasteiger partial charge is 0.400 e. The number of aliphatic hydroxyl groups is 1. The molecule has 0 saturated carbocycles. The number of benzene rings is 1. The van der Waals surface area contributed by atoms with Crippen LogP contribution in [-0.2, 0) is 20.6 Å². The maximum absolute atomic E-state index is 12.8. The van der Waals surface area contributed by atoms with E-state index in [1.54, 1.807) is 24.3 Å². The highest BCUT2D eigenvalue weighted by molar-refractivity contribution is 6.21. The van der Waals surface area contributed by atoms with Crippen LogP contribution < -0.4 is 16.2 Å². The third-order valence-electron chi connectivity index (χ3n) is 6.45. The van der Waals surface area contributed by atoms with Gasteiger partial charge in [-0.2, -0.15) is 5.26 Å². The molecule has 238 valence electrons. The lowest BCUT2D eigenvalue weighted by molar-refractivity contribution is -0.109. The van der Waals surface area contributed by atoms with E-state index in [2.05, 4.69) is 45.1 Å². The predicted octanol–water partition coefficient (Wildman–Crippen LogP) is 2.52. The minimum Gasteiger partial charge on any atom is -0.400 e. The predicted molar refractivity (Wildman–Crippen MR) is 165 cm³/mol. The maximum atomic E-state index is 12.8. The number of ether oxygens (including phenoxy) is 3. The van der Waals surface area contributed by atoms with Gasteiger partial charge in [0, 0.05) is 27.0 Å². The van der Waals surface area contributed by atoms with Crippen molar-refractivity contribution < 1.29 is 30.3 Å². The molecule has 11 heteroatoms. The van der Waals surface area contributed by atoms with E-state index >= 15 is 0 Å². The lowest BCUT2D eigenvalue weighted by Gasteiger charge is -2.23. The molecule has 2 aliphatic rings. The number of amides is 2. The quantitative estimate of drug-likeness (QED) is 0.221. The molecule has 11 nitrogen and oxygen atoms in total. The number of nitrogens with one attached hydrogen (secondary N) is 1. The summed E-state index contributed by atoms with van der Waals surface area (Å²) in [4.78, 5) is 50.3. The number of nitrogens with zero attached hydrogens (tertiary/aromatic N) is 2. The first-order valence-electron chi connectivity index (χ1n) is 14.4. The van der Waals surface area contributed by atoms with Crippen molar-refractivity contribution in [2.45, 2.75) is 77.4 Å². The number of fused-ring (bicyclic) bond motifs is 1. The molecule has 1 saturated heterocycles. The number of nitriles is 1. The fourth-order valence-electron chi connectivity index (χ4n) is 4.82. The van der Waals surface area contributed by atoms with Gasteiger partial charge in [-0.3, -0.25) is 24.1 Å². The van der Waals surface area contributed by atoms with Gasteiger partial charge in [0.15, 0.2) is 0 Å². The van der Waals surface area contributed by atoms with Gasteiger partial charge in [-0.05, 0) is 48.4 Å². The normalized spacial score (nSPS) is 18.5. The monoisotopic (exact) mass is 609 g/mol. The zero-order valence-corrected chi connectivity index (χ0v) is 25.9. The number of hydrogen-bond donors (Lipinski definition) is 2. The van der Waals surface area contributed by atoms with E-state index in [4.69, 9.17) is 24.6 Å². The minimum atomic E-state index is -0.628. The highest BCUT2D eigenvalue weighted by Gasteiger charge is 2.42. The second-order valence-corrected chi connectivity index (χ2v) is 10.6. The fraction of sp³-hybridized carbons (Fsp3) is 0.485. The number of aliphatic hydroxyl groups excluding tert-OH is 1. The van der Waals surface area contributed by atoms with Gasteiger partial charge in [0.05, 0.1) is 49.0 Å². The van der Waals surface area contributed by atoms with E-state index in [1.807, 2.05) is 6.07 Å². The van der Waals surface area contributed by atoms with Crippen molar-refractivity contribution >= 4 is 11.8 Å². The Labute approximate surface area is 259 Å². The van der Waals surface area contributed by atoms with Crippen LogP contribution >= 0.6 is 0 Å². The average molecular weight is 610 g/mol. The van der Waals surface area contributed by atoms with Gasteiger partial charge in [-0.15, -0.1) is 0 Å². The molecule has 2 aromatic carbocycles. The van der Waals surface area contributed by atoms with Gasteiger partial charge in [0.25, 0.3) is 11.8 Å². The molecular weight excluding hydrogens is 566 g/mol. The average Bonchev–Trinajstić information content (AvgIpc) is 3.47. The summed E-state index contributed by atoms with van der Waals surface area (Å²) in [5.74, 6) is -0.787. The molecule has 0 radical (unpaired) electrons. The van der Waals surface area contributed by atoms with Crippen LogP contribution in [0.3, 0.4) is 0 Å². The molecule has 1 fully saturated rings. The summed E-state index contributed by atoms with van der Waals surface area (Å²) in [5.41, 5.74) is 0.331. The minimum absolute atomic E-state index is 0. The number of rotatable bonds is 11. The van der Waals surface area contributed by atoms with E-state index in [-0.39, 0.29) is 27.8 Å². The summed E-state index contributed by atoms with van der Waals surface area (Å²) in [5, 5.41) is 18.9. The third-order valence-corrected chi connectivity index (χ3v) is 6.45. The zero-order chi connectivity index (χ0) is 32.6. The highest BCUT2D eigenvalue weighted by Crippen LogP contribution is 2.29. The molecule has 0 bridgehead atoms. The molecule has 0 aliphatic carbocycles. The third kappa shape index (κ3) is 11.3. The van der Waals surface area contributed by atoms with Gasteiger partial charge in [0.1, 0.15) is 12.9 Å². The van der Waals surface area contributed by atoms with Crippen LogP contribution in [0.25, 0.3) is 0 Å². The lowest BCUT2D eigenvalue weighted by Crippen LogP contribution is -2.41. The van der Waals surface area contributed by atoms with Crippen molar-refractivity contribution in [3.63, 3.8) is 0 Å². The Kier molecular flexibility index (Phi) is 15.3. The summed E-state index contributed by atoms with van der Waals surface area (Å²) in [6.07, 6.45) is -0.578. The van der Waals surface area contributed by atoms with Crippen LogP contribution in [0.1, 0.15) is 68.2 Å². The Morgan fingerprint density at radius 1 is 1.02 bits per heavy atom. The van der Waals surface area contributed by atoms with Crippen molar-refractivity contribution in [1.29, 1.82) is 5.26 Å². The molecule has 2 amide bonds. The van der Waals surface area contributed by atoms with Gasteiger partial charge in [-0.25, -0.2) is 0 Å². The van der Waals surface area contributed by atoms with Crippen LogP contribution in [0, 0.1) is 23.5 Å². The van der Waals surface area contributed by atoms with Crippen molar-refractivity contribution in [2.24, 2.45) is 0 Å². The molecule has 4 rings (SSSR count). The molecule has 0 unspecified atom stereocenters. The molecule has 0 spiro atoms. The Morgan fingerprint density at radius 2 is 1.64 bits per heavy atom. The second-order valence-electron chi connectivity index (χ2n) is 10.6. The summed E-state index contributed by atoms with van der Waals surface area (Å²) in [7, 11) is 1.00. The first-order valence-corrected chi connectivity index (χ1v) is 14.4. The van der Waals surface area contributed by atoms with Crippen LogP contribution in [0.4, 0.5) is 0 Å². The van der Waals surface area contributed by atoms with E-state index in [0.29, 0.717) is 41.6 Å². The van der Waals surface area contributed by atoms with Crippen LogP contribution in [0.2, 0.25) is 0 Å². The van der Waals surface area contributed by atoms with Crippen molar-refractivity contribution in [1.82, 2.24) is 10.2 Å². The summed E-state index contributed by atoms with van der Waals surface area (Å²) >= 11 is 0. The maximum Gasteiger partial charge on any atom is 0.261 e. The van der Waals surface area contributed by atoms with Crippen LogP contribution in [0.5, 0.6) is 0 Å². The smallest absolute Gasteiger partial charge is 0.261 e. The molecule has 0 aromatic heterocycles. The Bertz CT molecular complexity index is 1360. The van der Waals surface area contributed by atoms with E-state index in [9.17, 15) is 19.2 Å². The zero-order valence-electron chi connectivity index (χ0n) is 25.9. The van der Waals surface area contributed by atoms with E-state index < -0.39 is 41.0 Å². The van der Waals surface area contributed by atoms with Crippen molar-refractivity contribution in [3.05, 3.63) is 91.7 Å². The van der Waals surface area contributed by atoms with E-state index in [1.165, 1.54) is 18.2 Å². The van der Waals surface area contributed by atoms with Crippen LogP contribution in [0.15, 0.2) is 52.1 Å². The van der Waals surface area contributed by atoms with E-state index in [0.717, 1.165) is 12.0 Å². The number of carbonyl (C=O) groups excluding carboxylic acids is 2. The molecule has 2 heterocycles. The molecule has 44 heavy (non-hydrogen) atoms. The molecule has 2 aliphatic heterocycles. The van der Waals surface area contributed by atoms with Crippen LogP contribution in [-0.4, -0.2) is 79.3 Å². The second kappa shape index (κ2) is 18.6. The molecule has 2 N–H and O–H groups in total. The number of carbonyl (C=O) groups is 2. The molecule has 3 atom stereocenters.